The second-order valence-electron chi connectivity index (χ2n) is 5.43. The molecule has 0 saturated carbocycles. The van der Waals surface area contributed by atoms with Gasteiger partial charge in [-0.15, -0.1) is 0 Å². The first-order chi connectivity index (χ1) is 10.1. The van der Waals surface area contributed by atoms with E-state index in [-0.39, 0.29) is 11.6 Å². The standard InChI is InChI=1S/C13H22N6O2/c1-3-4-10-5-7-18(8-6-10)12-11(19(20)21)9(2)15-13(16-12)17-14/h10H,3-8,14H2,1-2H3,(H,15,16,17). The van der Waals surface area contributed by atoms with Crippen LogP contribution < -0.4 is 16.2 Å². The minimum absolute atomic E-state index is 0.0251. The quantitative estimate of drug-likeness (QED) is 0.485. The van der Waals surface area contributed by atoms with Crippen molar-refractivity contribution in [3.63, 3.8) is 0 Å². The number of nitro groups is 1. The van der Waals surface area contributed by atoms with Crippen LogP contribution in [0.15, 0.2) is 0 Å². The largest absolute Gasteiger partial charge is 0.351 e. The first-order valence-electron chi connectivity index (χ1n) is 7.31. The predicted octanol–water partition coefficient (Wildman–Crippen LogP) is 2.00. The molecule has 2 rings (SSSR count). The van der Waals surface area contributed by atoms with Gasteiger partial charge in [0.1, 0.15) is 5.69 Å². The molecule has 8 nitrogen and oxygen atoms in total. The summed E-state index contributed by atoms with van der Waals surface area (Å²) in [7, 11) is 0. The third kappa shape index (κ3) is 3.38. The zero-order chi connectivity index (χ0) is 15.4. The predicted molar refractivity (Wildman–Crippen MR) is 81.1 cm³/mol. The normalized spacial score (nSPS) is 16.0. The van der Waals surface area contributed by atoms with Gasteiger partial charge in [-0.3, -0.25) is 15.5 Å². The summed E-state index contributed by atoms with van der Waals surface area (Å²) in [4.78, 5) is 21.1. The van der Waals surface area contributed by atoms with Crippen LogP contribution in [0, 0.1) is 23.0 Å². The van der Waals surface area contributed by atoms with Crippen molar-refractivity contribution in [3.8, 4) is 0 Å². The molecule has 0 atom stereocenters. The van der Waals surface area contributed by atoms with E-state index in [0.717, 1.165) is 25.9 Å². The molecule has 0 spiro atoms. The number of nitrogen functional groups attached to an aromatic ring is 1. The summed E-state index contributed by atoms with van der Waals surface area (Å²) in [5.74, 6) is 6.63. The Bertz CT molecular complexity index is 514. The van der Waals surface area contributed by atoms with Crippen molar-refractivity contribution >= 4 is 17.5 Å². The number of nitrogens with two attached hydrogens (primary N) is 1. The summed E-state index contributed by atoms with van der Waals surface area (Å²) >= 11 is 0. The van der Waals surface area contributed by atoms with Crippen LogP contribution in [0.5, 0.6) is 0 Å². The summed E-state index contributed by atoms with van der Waals surface area (Å²) in [5.41, 5.74) is 2.67. The minimum atomic E-state index is -0.414. The van der Waals surface area contributed by atoms with Crippen LogP contribution in [0.3, 0.4) is 0 Å². The van der Waals surface area contributed by atoms with Gasteiger partial charge in [0.15, 0.2) is 0 Å². The molecule has 1 aromatic heterocycles. The molecule has 1 aromatic rings. The smallest absolute Gasteiger partial charge is 0.332 e. The Morgan fingerprint density at radius 3 is 2.62 bits per heavy atom. The maximum atomic E-state index is 11.3. The average molecular weight is 294 g/mol. The highest BCUT2D eigenvalue weighted by Crippen LogP contribution is 2.33. The third-order valence-electron chi connectivity index (χ3n) is 3.96. The average Bonchev–Trinajstić information content (AvgIpc) is 2.47. The molecular weight excluding hydrogens is 272 g/mol. The lowest BCUT2D eigenvalue weighted by molar-refractivity contribution is -0.385. The van der Waals surface area contributed by atoms with Gasteiger partial charge in [0.25, 0.3) is 0 Å². The van der Waals surface area contributed by atoms with Crippen LogP contribution >= 0.6 is 0 Å². The van der Waals surface area contributed by atoms with Gasteiger partial charge < -0.3 is 4.90 Å². The Morgan fingerprint density at radius 1 is 1.43 bits per heavy atom. The van der Waals surface area contributed by atoms with Gasteiger partial charge in [-0.05, 0) is 25.7 Å². The zero-order valence-electron chi connectivity index (χ0n) is 12.5. The number of hydrogen-bond acceptors (Lipinski definition) is 7. The van der Waals surface area contributed by atoms with Crippen molar-refractivity contribution in [1.82, 2.24) is 9.97 Å². The number of aryl methyl sites for hydroxylation is 1. The van der Waals surface area contributed by atoms with Gasteiger partial charge in [0.05, 0.1) is 4.92 Å². The molecule has 1 fully saturated rings. The van der Waals surface area contributed by atoms with E-state index in [1.54, 1.807) is 6.92 Å². The maximum absolute atomic E-state index is 11.3. The Hall–Kier alpha value is -1.96. The Balaban J connectivity index is 2.26. The molecule has 2 heterocycles. The fourth-order valence-electron chi connectivity index (χ4n) is 2.89. The summed E-state index contributed by atoms with van der Waals surface area (Å²) in [6.07, 6.45) is 4.48. The van der Waals surface area contributed by atoms with Gasteiger partial charge in [-0.25, -0.2) is 10.8 Å². The molecule has 116 valence electrons. The van der Waals surface area contributed by atoms with E-state index < -0.39 is 4.92 Å². The molecule has 1 saturated heterocycles. The number of anilines is 2. The number of hydrogen-bond donors (Lipinski definition) is 2. The van der Waals surface area contributed by atoms with E-state index >= 15 is 0 Å². The van der Waals surface area contributed by atoms with Gasteiger partial charge in [0, 0.05) is 13.1 Å². The van der Waals surface area contributed by atoms with Gasteiger partial charge >= 0.3 is 5.69 Å². The number of aromatic nitrogens is 2. The van der Waals surface area contributed by atoms with Crippen LogP contribution in [-0.2, 0) is 0 Å². The van der Waals surface area contributed by atoms with Crippen molar-refractivity contribution in [2.75, 3.05) is 23.4 Å². The van der Waals surface area contributed by atoms with Crippen LogP contribution in [0.2, 0.25) is 0 Å². The van der Waals surface area contributed by atoms with E-state index in [1.165, 1.54) is 12.8 Å². The van der Waals surface area contributed by atoms with E-state index in [4.69, 9.17) is 5.84 Å². The second kappa shape index (κ2) is 6.66. The van der Waals surface area contributed by atoms with Crippen LogP contribution in [0.25, 0.3) is 0 Å². The molecule has 0 aliphatic carbocycles. The minimum Gasteiger partial charge on any atom is -0.351 e. The van der Waals surface area contributed by atoms with Crippen molar-refractivity contribution in [2.45, 2.75) is 39.5 Å². The fraction of sp³-hybridized carbons (Fsp3) is 0.692. The van der Waals surface area contributed by atoms with E-state index in [9.17, 15) is 10.1 Å². The molecule has 3 N–H and O–H groups in total. The number of rotatable bonds is 5. The Kier molecular flexibility index (Phi) is 4.89. The molecule has 0 unspecified atom stereocenters. The lowest BCUT2D eigenvalue weighted by atomic mass is 9.92. The molecule has 1 aliphatic heterocycles. The maximum Gasteiger partial charge on any atom is 0.332 e. The molecule has 0 amide bonds. The molecule has 0 radical (unpaired) electrons. The number of nitrogens with zero attached hydrogens (tertiary/aromatic N) is 4. The van der Waals surface area contributed by atoms with Crippen molar-refractivity contribution < 1.29 is 4.92 Å². The third-order valence-corrected chi connectivity index (χ3v) is 3.96. The summed E-state index contributed by atoms with van der Waals surface area (Å²) < 4.78 is 0. The van der Waals surface area contributed by atoms with Crippen molar-refractivity contribution in [1.29, 1.82) is 0 Å². The lowest BCUT2D eigenvalue weighted by Gasteiger charge is -2.32. The van der Waals surface area contributed by atoms with Crippen molar-refractivity contribution in [3.05, 3.63) is 15.8 Å². The zero-order valence-corrected chi connectivity index (χ0v) is 12.5. The van der Waals surface area contributed by atoms with E-state index in [0.29, 0.717) is 17.4 Å². The fourth-order valence-corrected chi connectivity index (χ4v) is 2.89. The first-order valence-corrected chi connectivity index (χ1v) is 7.31. The highest BCUT2D eigenvalue weighted by molar-refractivity contribution is 5.62. The Morgan fingerprint density at radius 2 is 2.10 bits per heavy atom. The molecule has 21 heavy (non-hydrogen) atoms. The summed E-state index contributed by atoms with van der Waals surface area (Å²) in [6.45, 7) is 5.36. The number of hydrazine groups is 1. The lowest BCUT2D eigenvalue weighted by Crippen LogP contribution is -2.35. The van der Waals surface area contributed by atoms with Crippen LogP contribution in [0.1, 0.15) is 38.3 Å². The van der Waals surface area contributed by atoms with E-state index in [1.807, 2.05) is 4.90 Å². The SMILES string of the molecule is CCCC1CCN(c2nc(NN)nc(C)c2[N+](=O)[O-])CC1. The summed E-state index contributed by atoms with van der Waals surface area (Å²) in [5, 5.41) is 11.3. The highest BCUT2D eigenvalue weighted by Gasteiger charge is 2.29. The Labute approximate surface area is 123 Å². The van der Waals surface area contributed by atoms with Gasteiger partial charge in [0.2, 0.25) is 11.8 Å². The highest BCUT2D eigenvalue weighted by atomic mass is 16.6. The van der Waals surface area contributed by atoms with Crippen molar-refractivity contribution in [2.24, 2.45) is 11.8 Å². The molecule has 8 heteroatoms. The molecular formula is C13H22N6O2. The molecule has 0 aromatic carbocycles. The van der Waals surface area contributed by atoms with Gasteiger partial charge in [-0.2, -0.15) is 4.98 Å². The monoisotopic (exact) mass is 294 g/mol. The first kappa shape index (κ1) is 15.4. The van der Waals surface area contributed by atoms with Gasteiger partial charge in [-0.1, -0.05) is 19.8 Å². The summed E-state index contributed by atoms with van der Waals surface area (Å²) in [6, 6.07) is 0. The van der Waals surface area contributed by atoms with Crippen LogP contribution in [0.4, 0.5) is 17.5 Å². The van der Waals surface area contributed by atoms with E-state index in [2.05, 4.69) is 22.3 Å². The molecule has 1 aliphatic rings. The topological polar surface area (TPSA) is 110 Å². The molecule has 0 bridgehead atoms. The van der Waals surface area contributed by atoms with Crippen LogP contribution in [-0.4, -0.2) is 28.0 Å². The number of nitrogens with one attached hydrogen (secondary N) is 1. The second-order valence-corrected chi connectivity index (χ2v) is 5.43. The number of piperidine rings is 1.